The number of nitrogens with zero attached hydrogens (tertiary/aromatic N) is 2. The molecule has 0 saturated heterocycles. The minimum absolute atomic E-state index is 0.232. The number of hydrogen-bond donors (Lipinski definition) is 2. The van der Waals surface area contributed by atoms with Gasteiger partial charge >= 0.3 is 5.97 Å². The molecule has 0 bridgehead atoms. The fourth-order valence-electron chi connectivity index (χ4n) is 2.74. The van der Waals surface area contributed by atoms with E-state index >= 15 is 0 Å². The molecular formula is C18H23N3O3. The van der Waals surface area contributed by atoms with E-state index in [9.17, 15) is 14.7 Å². The van der Waals surface area contributed by atoms with E-state index < -0.39 is 17.9 Å². The first-order valence-corrected chi connectivity index (χ1v) is 8.12. The summed E-state index contributed by atoms with van der Waals surface area (Å²) < 4.78 is 1.84. The quantitative estimate of drug-likeness (QED) is 0.817. The van der Waals surface area contributed by atoms with E-state index in [1.165, 1.54) is 0 Å². The molecule has 2 N–H and O–H groups in total. The molecule has 128 valence electrons. The first-order valence-electron chi connectivity index (χ1n) is 8.12. The second-order valence-corrected chi connectivity index (χ2v) is 5.74. The average molecular weight is 329 g/mol. The number of carbonyl (C=O) groups excluding carboxylic acids is 1. The maximum absolute atomic E-state index is 12.4. The molecule has 2 aromatic rings. The average Bonchev–Trinajstić information content (AvgIpc) is 2.96. The summed E-state index contributed by atoms with van der Waals surface area (Å²) >= 11 is 0. The summed E-state index contributed by atoms with van der Waals surface area (Å²) in [6.45, 7) is 6.05. The molecule has 1 amide bonds. The van der Waals surface area contributed by atoms with Crippen LogP contribution >= 0.6 is 0 Å². The van der Waals surface area contributed by atoms with E-state index in [-0.39, 0.29) is 11.7 Å². The van der Waals surface area contributed by atoms with Gasteiger partial charge in [-0.1, -0.05) is 44.2 Å². The minimum Gasteiger partial charge on any atom is -0.479 e. The molecular weight excluding hydrogens is 306 g/mol. The molecule has 0 radical (unpaired) electrons. The summed E-state index contributed by atoms with van der Waals surface area (Å²) in [5.74, 6) is -1.59. The molecule has 0 spiro atoms. The van der Waals surface area contributed by atoms with Gasteiger partial charge in [0.05, 0.1) is 6.04 Å². The van der Waals surface area contributed by atoms with Crippen LogP contribution in [0.4, 0.5) is 0 Å². The van der Waals surface area contributed by atoms with Gasteiger partial charge in [-0.05, 0) is 31.4 Å². The minimum atomic E-state index is -1.11. The van der Waals surface area contributed by atoms with E-state index in [1.807, 2.05) is 11.6 Å². The molecule has 0 aliphatic rings. The van der Waals surface area contributed by atoms with Gasteiger partial charge in [0.15, 0.2) is 6.04 Å². The standard InChI is InChI=1S/C18H23N3O3/c1-4-14(5-2)21-12(3)11-15(20-21)17(22)19-16(18(23)24)13-9-7-6-8-10-13/h6-11,14,16H,4-5H2,1-3H3,(H,19,22)(H,23,24)/t16-/m1/s1. The van der Waals surface area contributed by atoms with Crippen LogP contribution in [0.2, 0.25) is 0 Å². The Morgan fingerprint density at radius 2 is 1.83 bits per heavy atom. The van der Waals surface area contributed by atoms with Crippen LogP contribution in [0, 0.1) is 6.92 Å². The summed E-state index contributed by atoms with van der Waals surface area (Å²) in [6, 6.07) is 9.45. The molecule has 0 fully saturated rings. The highest BCUT2D eigenvalue weighted by atomic mass is 16.4. The van der Waals surface area contributed by atoms with Crippen molar-refractivity contribution in [3.63, 3.8) is 0 Å². The topological polar surface area (TPSA) is 84.2 Å². The summed E-state index contributed by atoms with van der Waals surface area (Å²) in [4.78, 5) is 23.9. The van der Waals surface area contributed by atoms with Gasteiger partial charge in [0.25, 0.3) is 5.91 Å². The molecule has 0 unspecified atom stereocenters. The zero-order chi connectivity index (χ0) is 17.7. The molecule has 24 heavy (non-hydrogen) atoms. The Morgan fingerprint density at radius 3 is 2.38 bits per heavy atom. The Morgan fingerprint density at radius 1 is 1.21 bits per heavy atom. The van der Waals surface area contributed by atoms with Crippen LogP contribution < -0.4 is 5.32 Å². The van der Waals surface area contributed by atoms with Gasteiger partial charge in [-0.25, -0.2) is 4.79 Å². The molecule has 2 rings (SSSR count). The lowest BCUT2D eigenvalue weighted by Gasteiger charge is -2.15. The van der Waals surface area contributed by atoms with Crippen LogP contribution in [0.25, 0.3) is 0 Å². The van der Waals surface area contributed by atoms with Crippen LogP contribution in [0.3, 0.4) is 0 Å². The zero-order valence-corrected chi connectivity index (χ0v) is 14.2. The van der Waals surface area contributed by atoms with Crippen LogP contribution in [-0.2, 0) is 4.79 Å². The van der Waals surface area contributed by atoms with Crippen molar-refractivity contribution in [2.75, 3.05) is 0 Å². The molecule has 0 aliphatic heterocycles. The SMILES string of the molecule is CCC(CC)n1nc(C(=O)N[C@@H](C(=O)O)c2ccccc2)cc1C. The Bertz CT molecular complexity index is 706. The highest BCUT2D eigenvalue weighted by Gasteiger charge is 2.24. The van der Waals surface area contributed by atoms with Crippen molar-refractivity contribution in [3.8, 4) is 0 Å². The van der Waals surface area contributed by atoms with Gasteiger partial charge in [-0.15, -0.1) is 0 Å². The largest absolute Gasteiger partial charge is 0.479 e. The highest BCUT2D eigenvalue weighted by molar-refractivity contribution is 5.95. The predicted octanol–water partition coefficient (Wildman–Crippen LogP) is 3.11. The highest BCUT2D eigenvalue weighted by Crippen LogP contribution is 2.19. The third-order valence-corrected chi connectivity index (χ3v) is 4.10. The third-order valence-electron chi connectivity index (χ3n) is 4.10. The molecule has 0 saturated carbocycles. The summed E-state index contributed by atoms with van der Waals surface area (Å²) in [5, 5.41) is 16.3. The number of aliphatic carboxylic acids is 1. The lowest BCUT2D eigenvalue weighted by molar-refractivity contribution is -0.139. The van der Waals surface area contributed by atoms with Gasteiger partial charge in [-0.2, -0.15) is 5.10 Å². The van der Waals surface area contributed by atoms with Gasteiger partial charge in [0.2, 0.25) is 0 Å². The molecule has 1 heterocycles. The number of aromatic nitrogens is 2. The zero-order valence-electron chi connectivity index (χ0n) is 14.2. The predicted molar refractivity (Wildman–Crippen MR) is 90.9 cm³/mol. The fourth-order valence-corrected chi connectivity index (χ4v) is 2.74. The van der Waals surface area contributed by atoms with Crippen molar-refractivity contribution in [2.24, 2.45) is 0 Å². The summed E-state index contributed by atoms with van der Waals surface area (Å²) in [5.41, 5.74) is 1.65. The number of benzene rings is 1. The van der Waals surface area contributed by atoms with E-state index in [4.69, 9.17) is 0 Å². The molecule has 6 heteroatoms. The number of carboxylic acids is 1. The van der Waals surface area contributed by atoms with Gasteiger partial charge in [-0.3, -0.25) is 9.48 Å². The maximum Gasteiger partial charge on any atom is 0.330 e. The van der Waals surface area contributed by atoms with Crippen molar-refractivity contribution in [1.82, 2.24) is 15.1 Å². The van der Waals surface area contributed by atoms with E-state index in [2.05, 4.69) is 24.3 Å². The summed E-state index contributed by atoms with van der Waals surface area (Å²) in [7, 11) is 0. The van der Waals surface area contributed by atoms with Crippen molar-refractivity contribution in [3.05, 3.63) is 53.3 Å². The monoisotopic (exact) mass is 329 g/mol. The number of aryl methyl sites for hydroxylation is 1. The second-order valence-electron chi connectivity index (χ2n) is 5.74. The van der Waals surface area contributed by atoms with Crippen molar-refractivity contribution < 1.29 is 14.7 Å². The number of carbonyl (C=O) groups is 2. The Labute approximate surface area is 141 Å². The smallest absolute Gasteiger partial charge is 0.330 e. The number of rotatable bonds is 7. The van der Waals surface area contributed by atoms with Crippen molar-refractivity contribution in [1.29, 1.82) is 0 Å². The number of amides is 1. The molecule has 1 atom stereocenters. The van der Waals surface area contributed by atoms with Gasteiger partial charge in [0.1, 0.15) is 5.69 Å². The maximum atomic E-state index is 12.4. The van der Waals surface area contributed by atoms with Crippen LogP contribution in [0.1, 0.15) is 60.5 Å². The molecule has 6 nitrogen and oxygen atoms in total. The Hall–Kier alpha value is -2.63. The first-order chi connectivity index (χ1) is 11.5. The number of carboxylic acid groups (broad SMARTS) is 1. The molecule has 0 aliphatic carbocycles. The van der Waals surface area contributed by atoms with Gasteiger partial charge in [0, 0.05) is 5.69 Å². The van der Waals surface area contributed by atoms with E-state index in [0.717, 1.165) is 18.5 Å². The van der Waals surface area contributed by atoms with Crippen molar-refractivity contribution in [2.45, 2.75) is 45.7 Å². The fraction of sp³-hybridized carbons (Fsp3) is 0.389. The van der Waals surface area contributed by atoms with E-state index in [1.54, 1.807) is 36.4 Å². The Kier molecular flexibility index (Phi) is 5.73. The second kappa shape index (κ2) is 7.77. The number of nitrogens with one attached hydrogen (secondary N) is 1. The molecule has 1 aromatic heterocycles. The lowest BCUT2D eigenvalue weighted by Crippen LogP contribution is -2.34. The normalized spacial score (nSPS) is 12.2. The van der Waals surface area contributed by atoms with Gasteiger partial charge < -0.3 is 10.4 Å². The summed E-state index contributed by atoms with van der Waals surface area (Å²) in [6.07, 6.45) is 1.84. The lowest BCUT2D eigenvalue weighted by atomic mass is 10.1. The first kappa shape index (κ1) is 17.7. The van der Waals surface area contributed by atoms with Crippen LogP contribution in [-0.4, -0.2) is 26.8 Å². The van der Waals surface area contributed by atoms with E-state index in [0.29, 0.717) is 5.56 Å². The van der Waals surface area contributed by atoms with Crippen molar-refractivity contribution >= 4 is 11.9 Å². The number of hydrogen-bond acceptors (Lipinski definition) is 3. The van der Waals surface area contributed by atoms with Crippen LogP contribution in [0.15, 0.2) is 36.4 Å². The third kappa shape index (κ3) is 3.82. The molecule has 1 aromatic carbocycles. The van der Waals surface area contributed by atoms with Crippen LogP contribution in [0.5, 0.6) is 0 Å². The Balaban J connectivity index is 2.22.